The van der Waals surface area contributed by atoms with Gasteiger partial charge in [0, 0.05) is 19.6 Å². The molecule has 0 amide bonds. The second kappa shape index (κ2) is 39.6. The summed E-state index contributed by atoms with van der Waals surface area (Å²) in [5.41, 5.74) is 0. The van der Waals surface area contributed by atoms with Crippen molar-refractivity contribution in [2.75, 3.05) is 46.6 Å². The van der Waals surface area contributed by atoms with Crippen LogP contribution in [-0.2, 0) is 28.5 Å². The SMILES string of the molecule is CCCCC/C=C\C/C=C\CCCCCCCCOCC(COC(=O)CC1CCC(OC(=O)C2CCN(C)CC2)C1)OCCCCCCCC/C=C\C/C=C\CCCCC. The van der Waals surface area contributed by atoms with Gasteiger partial charge in [-0.25, -0.2) is 0 Å². The van der Waals surface area contributed by atoms with Crippen molar-refractivity contribution in [1.82, 2.24) is 4.90 Å². The van der Waals surface area contributed by atoms with E-state index in [-0.39, 0.29) is 42.6 Å². The minimum Gasteiger partial charge on any atom is -0.463 e. The van der Waals surface area contributed by atoms with E-state index in [4.69, 9.17) is 18.9 Å². The van der Waals surface area contributed by atoms with Gasteiger partial charge in [0.15, 0.2) is 0 Å². The molecule has 0 aromatic heterocycles. The quantitative estimate of drug-likeness (QED) is 0.0347. The van der Waals surface area contributed by atoms with Crippen molar-refractivity contribution >= 4 is 11.9 Å². The van der Waals surface area contributed by atoms with E-state index < -0.39 is 0 Å². The maximum absolute atomic E-state index is 12.9. The molecule has 3 atom stereocenters. The fraction of sp³-hybridized carbons (Fsp3) is 0.811. The molecule has 2 aliphatic rings. The first-order chi connectivity index (χ1) is 29.5. The Kier molecular flexibility index (Phi) is 35.6. The Hall–Kier alpha value is -2.22. The molecule has 1 aliphatic heterocycles. The van der Waals surface area contributed by atoms with Crippen LogP contribution in [0.2, 0.25) is 0 Å². The summed E-state index contributed by atoms with van der Waals surface area (Å²) in [6.45, 7) is 8.46. The first-order valence-corrected chi connectivity index (χ1v) is 25.4. The van der Waals surface area contributed by atoms with Crippen molar-refractivity contribution in [2.45, 2.75) is 219 Å². The molecular weight excluding hydrogens is 747 g/mol. The van der Waals surface area contributed by atoms with Crippen LogP contribution in [-0.4, -0.2) is 75.6 Å². The largest absolute Gasteiger partial charge is 0.463 e. The third-order valence-corrected chi connectivity index (χ3v) is 12.2. The highest BCUT2D eigenvalue weighted by Gasteiger charge is 2.32. The molecular formula is C53H93NO6. The predicted molar refractivity (Wildman–Crippen MR) is 252 cm³/mol. The van der Waals surface area contributed by atoms with Crippen LogP contribution in [0.25, 0.3) is 0 Å². The number of unbranched alkanes of at least 4 members (excludes halogenated alkanes) is 18. The van der Waals surface area contributed by atoms with Crippen LogP contribution in [0.1, 0.15) is 206 Å². The third-order valence-electron chi connectivity index (χ3n) is 12.2. The number of esters is 2. The molecule has 0 bridgehead atoms. The zero-order chi connectivity index (χ0) is 43.0. The molecule has 0 radical (unpaired) electrons. The van der Waals surface area contributed by atoms with E-state index in [1.807, 2.05) is 0 Å². The maximum atomic E-state index is 12.9. The summed E-state index contributed by atoms with van der Waals surface area (Å²) < 4.78 is 24.0. The van der Waals surface area contributed by atoms with Crippen LogP contribution < -0.4 is 0 Å². The molecule has 0 aromatic carbocycles. The van der Waals surface area contributed by atoms with Crippen LogP contribution >= 0.6 is 0 Å². The second-order valence-corrected chi connectivity index (χ2v) is 17.9. The molecule has 3 unspecified atom stereocenters. The first kappa shape index (κ1) is 53.9. The zero-order valence-corrected chi connectivity index (χ0v) is 39.3. The van der Waals surface area contributed by atoms with E-state index in [0.29, 0.717) is 26.2 Å². The monoisotopic (exact) mass is 840 g/mol. The van der Waals surface area contributed by atoms with E-state index in [2.05, 4.69) is 74.4 Å². The molecule has 60 heavy (non-hydrogen) atoms. The number of hydrogen-bond acceptors (Lipinski definition) is 7. The van der Waals surface area contributed by atoms with Gasteiger partial charge in [0.2, 0.25) is 0 Å². The van der Waals surface area contributed by atoms with Gasteiger partial charge < -0.3 is 23.8 Å². The molecule has 2 rings (SSSR count). The molecule has 0 N–H and O–H groups in total. The topological polar surface area (TPSA) is 74.3 Å². The van der Waals surface area contributed by atoms with Gasteiger partial charge in [0.25, 0.3) is 0 Å². The Morgan fingerprint density at radius 3 is 1.63 bits per heavy atom. The van der Waals surface area contributed by atoms with Gasteiger partial charge >= 0.3 is 11.9 Å². The van der Waals surface area contributed by atoms with Gasteiger partial charge in [-0.15, -0.1) is 0 Å². The third kappa shape index (κ3) is 31.6. The van der Waals surface area contributed by atoms with Crippen molar-refractivity contribution in [2.24, 2.45) is 11.8 Å². The van der Waals surface area contributed by atoms with E-state index in [1.54, 1.807) is 0 Å². The Bertz CT molecular complexity index is 1120. The molecule has 1 saturated heterocycles. The minimum absolute atomic E-state index is 0.0136. The highest BCUT2D eigenvalue weighted by Crippen LogP contribution is 2.32. The fourth-order valence-electron chi connectivity index (χ4n) is 8.20. The second-order valence-electron chi connectivity index (χ2n) is 17.9. The summed E-state index contributed by atoms with van der Waals surface area (Å²) in [5.74, 6) is -0.0218. The zero-order valence-electron chi connectivity index (χ0n) is 39.3. The smallest absolute Gasteiger partial charge is 0.309 e. The normalized spacial score (nSPS) is 18.5. The average molecular weight is 840 g/mol. The lowest BCUT2D eigenvalue weighted by Gasteiger charge is -2.28. The summed E-state index contributed by atoms with van der Waals surface area (Å²) in [7, 11) is 2.10. The lowest BCUT2D eigenvalue weighted by atomic mass is 9.97. The molecule has 1 heterocycles. The highest BCUT2D eigenvalue weighted by molar-refractivity contribution is 5.73. The van der Waals surface area contributed by atoms with Crippen LogP contribution in [0.5, 0.6) is 0 Å². The van der Waals surface area contributed by atoms with Gasteiger partial charge in [0.05, 0.1) is 12.5 Å². The molecule has 346 valence electrons. The number of nitrogens with zero attached hydrogens (tertiary/aromatic N) is 1. The standard InChI is InChI=1S/C53H93NO6/c1-4-6-8-10-12-14-16-18-20-22-24-26-28-30-32-34-42-57-46-51(58-43-35-33-31-29-27-25-23-21-19-17-15-13-11-9-7-5-2)47-59-52(55)45-48-36-37-50(44-48)60-53(56)49-38-40-54(3)41-39-49/h12-15,18-21,48-51H,4-11,16-17,22-47H2,1-3H3/b14-12-,15-13-,20-18-,21-19-. The summed E-state index contributed by atoms with van der Waals surface area (Å²) in [6, 6.07) is 0. The molecule has 0 aromatic rings. The van der Waals surface area contributed by atoms with Crippen LogP contribution in [0.15, 0.2) is 48.6 Å². The predicted octanol–water partition coefficient (Wildman–Crippen LogP) is 14.0. The number of rotatable bonds is 39. The summed E-state index contributed by atoms with van der Waals surface area (Å²) in [5, 5.41) is 0. The lowest BCUT2D eigenvalue weighted by Crippen LogP contribution is -2.35. The van der Waals surface area contributed by atoms with E-state index in [9.17, 15) is 9.59 Å². The van der Waals surface area contributed by atoms with Crippen molar-refractivity contribution < 1.29 is 28.5 Å². The molecule has 7 heteroatoms. The summed E-state index contributed by atoms with van der Waals surface area (Å²) in [6.07, 6.45) is 52.2. The van der Waals surface area contributed by atoms with Crippen molar-refractivity contribution in [3.63, 3.8) is 0 Å². The molecule has 2 fully saturated rings. The maximum Gasteiger partial charge on any atom is 0.309 e. The van der Waals surface area contributed by atoms with Crippen molar-refractivity contribution in [3.8, 4) is 0 Å². The lowest BCUT2D eigenvalue weighted by molar-refractivity contribution is -0.155. The molecule has 7 nitrogen and oxygen atoms in total. The van der Waals surface area contributed by atoms with Crippen LogP contribution in [0.3, 0.4) is 0 Å². The van der Waals surface area contributed by atoms with Crippen molar-refractivity contribution in [3.05, 3.63) is 48.6 Å². The van der Waals surface area contributed by atoms with Crippen LogP contribution in [0.4, 0.5) is 0 Å². The van der Waals surface area contributed by atoms with Crippen LogP contribution in [0, 0.1) is 11.8 Å². The Morgan fingerprint density at radius 1 is 0.583 bits per heavy atom. The average Bonchev–Trinajstić information content (AvgIpc) is 3.69. The highest BCUT2D eigenvalue weighted by atomic mass is 16.6. The van der Waals surface area contributed by atoms with E-state index in [1.165, 1.54) is 122 Å². The number of likely N-dealkylation sites (tertiary alicyclic amines) is 1. The first-order valence-electron chi connectivity index (χ1n) is 25.4. The summed E-state index contributed by atoms with van der Waals surface area (Å²) in [4.78, 5) is 27.9. The number of piperidine rings is 1. The number of hydrogen-bond donors (Lipinski definition) is 0. The number of carbonyl (C=O) groups is 2. The van der Waals surface area contributed by atoms with Crippen molar-refractivity contribution in [1.29, 1.82) is 0 Å². The van der Waals surface area contributed by atoms with Gasteiger partial charge in [-0.05, 0) is 135 Å². The van der Waals surface area contributed by atoms with Gasteiger partial charge in [0.1, 0.15) is 18.8 Å². The van der Waals surface area contributed by atoms with E-state index >= 15 is 0 Å². The molecule has 1 aliphatic carbocycles. The Morgan fingerprint density at radius 2 is 1.08 bits per heavy atom. The Balaban J connectivity index is 1.60. The van der Waals surface area contributed by atoms with Gasteiger partial charge in [-0.2, -0.15) is 0 Å². The summed E-state index contributed by atoms with van der Waals surface area (Å²) >= 11 is 0. The van der Waals surface area contributed by atoms with Gasteiger partial charge in [-0.1, -0.05) is 140 Å². The van der Waals surface area contributed by atoms with E-state index in [0.717, 1.165) is 77.3 Å². The van der Waals surface area contributed by atoms with Gasteiger partial charge in [-0.3, -0.25) is 9.59 Å². The fourth-order valence-corrected chi connectivity index (χ4v) is 8.20. The molecule has 0 spiro atoms. The minimum atomic E-state index is -0.247. The number of allylic oxidation sites excluding steroid dienone is 8. The number of ether oxygens (including phenoxy) is 4. The Labute approximate surface area is 369 Å². The number of carbonyl (C=O) groups excluding carboxylic acids is 2. The molecule has 1 saturated carbocycles.